The number of unbranched alkanes of at least 4 members (excludes halogenated alkanes) is 4. The summed E-state index contributed by atoms with van der Waals surface area (Å²) in [6.45, 7) is 0.759. The largest absolute Gasteiger partial charge is 0.462 e. The Hall–Kier alpha value is -1.92. The van der Waals surface area contributed by atoms with Crippen molar-refractivity contribution in [3.63, 3.8) is 0 Å². The van der Waals surface area contributed by atoms with E-state index >= 15 is 0 Å². The van der Waals surface area contributed by atoms with Crippen LogP contribution in [0, 0.1) is 0 Å². The van der Waals surface area contributed by atoms with Crippen LogP contribution in [0.25, 0.3) is 0 Å². The molecule has 0 saturated carbocycles. The SMILES string of the molecule is O=C(OCCCCCO)c1ccccc1C(=O)OCCCCCO. The molecule has 2 N–H and O–H groups in total. The lowest BCUT2D eigenvalue weighted by Crippen LogP contribution is -2.15. The van der Waals surface area contributed by atoms with Crippen molar-refractivity contribution in [1.29, 1.82) is 0 Å². The molecule has 0 amide bonds. The van der Waals surface area contributed by atoms with E-state index in [1.54, 1.807) is 24.3 Å². The predicted octanol–water partition coefficient (Wildman–Crippen LogP) is 2.33. The molecule has 1 rings (SSSR count). The lowest BCUT2D eigenvalue weighted by molar-refractivity contribution is 0.0449. The van der Waals surface area contributed by atoms with Crippen LogP contribution in [0.15, 0.2) is 24.3 Å². The Bertz CT molecular complexity index is 455. The number of esters is 2. The van der Waals surface area contributed by atoms with Crippen LogP contribution in [0.1, 0.15) is 59.2 Å². The van der Waals surface area contributed by atoms with Crippen molar-refractivity contribution in [1.82, 2.24) is 0 Å². The zero-order valence-corrected chi connectivity index (χ0v) is 13.9. The van der Waals surface area contributed by atoms with Crippen molar-refractivity contribution in [2.24, 2.45) is 0 Å². The maximum Gasteiger partial charge on any atom is 0.339 e. The second-order valence-corrected chi connectivity index (χ2v) is 5.39. The molecule has 0 aliphatic carbocycles. The summed E-state index contributed by atoms with van der Waals surface area (Å²) >= 11 is 0. The minimum atomic E-state index is -0.549. The van der Waals surface area contributed by atoms with E-state index in [1.165, 1.54) is 0 Å². The van der Waals surface area contributed by atoms with Crippen molar-refractivity contribution in [3.05, 3.63) is 35.4 Å². The van der Waals surface area contributed by atoms with E-state index in [1.807, 2.05) is 0 Å². The highest BCUT2D eigenvalue weighted by Crippen LogP contribution is 2.13. The van der Waals surface area contributed by atoms with Gasteiger partial charge in [-0.3, -0.25) is 0 Å². The van der Waals surface area contributed by atoms with E-state index in [0.29, 0.717) is 25.7 Å². The first kappa shape index (κ1) is 20.1. The fraction of sp³-hybridized carbons (Fsp3) is 0.556. The van der Waals surface area contributed by atoms with Gasteiger partial charge in [0.1, 0.15) is 0 Å². The van der Waals surface area contributed by atoms with Gasteiger partial charge >= 0.3 is 11.9 Å². The molecule has 0 atom stereocenters. The van der Waals surface area contributed by atoms with Gasteiger partial charge in [0.15, 0.2) is 0 Å². The summed E-state index contributed by atoms with van der Waals surface area (Å²) < 4.78 is 10.3. The highest BCUT2D eigenvalue weighted by atomic mass is 16.5. The minimum Gasteiger partial charge on any atom is -0.462 e. The highest BCUT2D eigenvalue weighted by Gasteiger charge is 2.18. The third-order valence-electron chi connectivity index (χ3n) is 3.44. The van der Waals surface area contributed by atoms with Gasteiger partial charge in [-0.1, -0.05) is 12.1 Å². The molecule has 0 heterocycles. The summed E-state index contributed by atoms with van der Waals surface area (Å²) in [5.74, 6) is -1.10. The van der Waals surface area contributed by atoms with Crippen LogP contribution in [-0.2, 0) is 9.47 Å². The van der Waals surface area contributed by atoms with Crippen LogP contribution in [-0.4, -0.2) is 48.6 Å². The average molecular weight is 338 g/mol. The van der Waals surface area contributed by atoms with Gasteiger partial charge < -0.3 is 19.7 Å². The normalized spacial score (nSPS) is 10.4. The summed E-state index contributed by atoms with van der Waals surface area (Å²) in [5.41, 5.74) is 0.389. The summed E-state index contributed by atoms with van der Waals surface area (Å²) in [6.07, 6.45) is 4.25. The van der Waals surface area contributed by atoms with E-state index in [0.717, 1.165) is 12.8 Å². The number of ether oxygens (including phenoxy) is 2. The topological polar surface area (TPSA) is 93.1 Å². The van der Waals surface area contributed by atoms with Crippen molar-refractivity contribution < 1.29 is 29.3 Å². The number of aliphatic hydroxyl groups excluding tert-OH is 2. The molecule has 0 saturated heterocycles. The van der Waals surface area contributed by atoms with Gasteiger partial charge in [0, 0.05) is 13.2 Å². The molecule has 0 radical (unpaired) electrons. The second kappa shape index (κ2) is 12.5. The van der Waals surface area contributed by atoms with Gasteiger partial charge in [0.05, 0.1) is 24.3 Å². The first-order valence-electron chi connectivity index (χ1n) is 8.35. The number of hydrogen-bond donors (Lipinski definition) is 2. The van der Waals surface area contributed by atoms with Crippen LogP contribution in [0.4, 0.5) is 0 Å². The average Bonchev–Trinajstić information content (AvgIpc) is 2.61. The predicted molar refractivity (Wildman–Crippen MR) is 88.9 cm³/mol. The van der Waals surface area contributed by atoms with Crippen LogP contribution in [0.3, 0.4) is 0 Å². The number of carbonyl (C=O) groups is 2. The van der Waals surface area contributed by atoms with Gasteiger partial charge in [-0.2, -0.15) is 0 Å². The third-order valence-corrected chi connectivity index (χ3v) is 3.44. The number of hydrogen-bond acceptors (Lipinski definition) is 6. The van der Waals surface area contributed by atoms with Crippen LogP contribution < -0.4 is 0 Å². The molecule has 0 bridgehead atoms. The summed E-state index contributed by atoms with van der Waals surface area (Å²) in [7, 11) is 0. The van der Waals surface area contributed by atoms with Crippen molar-refractivity contribution >= 4 is 11.9 Å². The number of carbonyl (C=O) groups excluding carboxylic acids is 2. The molecule has 1 aromatic rings. The molecule has 24 heavy (non-hydrogen) atoms. The molecule has 6 heteroatoms. The lowest BCUT2D eigenvalue weighted by Gasteiger charge is -2.09. The van der Waals surface area contributed by atoms with Gasteiger partial charge in [0.25, 0.3) is 0 Å². The molecule has 0 aromatic heterocycles. The van der Waals surface area contributed by atoms with Crippen molar-refractivity contribution in [2.45, 2.75) is 38.5 Å². The zero-order valence-electron chi connectivity index (χ0n) is 13.9. The molecule has 1 aromatic carbocycles. The molecule has 0 spiro atoms. The molecular weight excluding hydrogens is 312 g/mol. The summed E-state index contributed by atoms with van der Waals surface area (Å²) in [6, 6.07) is 6.41. The Morgan fingerprint density at radius 2 is 1.12 bits per heavy atom. The van der Waals surface area contributed by atoms with E-state index < -0.39 is 11.9 Å². The van der Waals surface area contributed by atoms with E-state index in [-0.39, 0.29) is 37.6 Å². The first-order valence-corrected chi connectivity index (χ1v) is 8.35. The summed E-state index contributed by atoms with van der Waals surface area (Å²) in [4.78, 5) is 24.2. The van der Waals surface area contributed by atoms with Crippen molar-refractivity contribution in [3.8, 4) is 0 Å². The Labute approximate surface area is 142 Å². The maximum absolute atomic E-state index is 12.1. The van der Waals surface area contributed by atoms with Gasteiger partial charge in [0.2, 0.25) is 0 Å². The number of rotatable bonds is 12. The highest BCUT2D eigenvalue weighted by molar-refractivity contribution is 6.03. The summed E-state index contributed by atoms with van der Waals surface area (Å²) in [5, 5.41) is 17.4. The Balaban J connectivity index is 2.50. The van der Waals surface area contributed by atoms with E-state index in [9.17, 15) is 9.59 Å². The number of aliphatic hydroxyl groups is 2. The standard InChI is InChI=1S/C18H26O6/c19-11-5-1-7-13-23-17(21)15-9-3-4-10-16(15)18(22)24-14-8-2-6-12-20/h3-4,9-10,19-20H,1-2,5-8,11-14H2. The Kier molecular flexibility index (Phi) is 10.5. The fourth-order valence-corrected chi connectivity index (χ4v) is 2.11. The molecule has 0 aliphatic rings. The maximum atomic E-state index is 12.1. The zero-order chi connectivity index (χ0) is 17.6. The monoisotopic (exact) mass is 338 g/mol. The van der Waals surface area contributed by atoms with Crippen LogP contribution in [0.2, 0.25) is 0 Å². The van der Waals surface area contributed by atoms with E-state index in [4.69, 9.17) is 19.7 Å². The number of benzene rings is 1. The molecule has 0 unspecified atom stereocenters. The Morgan fingerprint density at radius 3 is 1.50 bits per heavy atom. The molecule has 134 valence electrons. The van der Waals surface area contributed by atoms with Crippen molar-refractivity contribution in [2.75, 3.05) is 26.4 Å². The van der Waals surface area contributed by atoms with Crippen LogP contribution >= 0.6 is 0 Å². The quantitative estimate of drug-likeness (QED) is 0.449. The first-order chi connectivity index (χ1) is 11.7. The fourth-order valence-electron chi connectivity index (χ4n) is 2.11. The molecular formula is C18H26O6. The van der Waals surface area contributed by atoms with Crippen LogP contribution in [0.5, 0.6) is 0 Å². The van der Waals surface area contributed by atoms with Gasteiger partial charge in [-0.15, -0.1) is 0 Å². The second-order valence-electron chi connectivity index (χ2n) is 5.39. The van der Waals surface area contributed by atoms with E-state index in [2.05, 4.69) is 0 Å². The molecule has 0 aliphatic heterocycles. The third kappa shape index (κ3) is 7.57. The minimum absolute atomic E-state index is 0.126. The molecule has 0 fully saturated rings. The smallest absolute Gasteiger partial charge is 0.339 e. The lowest BCUT2D eigenvalue weighted by atomic mass is 10.1. The van der Waals surface area contributed by atoms with Gasteiger partial charge in [-0.05, 0) is 50.7 Å². The van der Waals surface area contributed by atoms with Gasteiger partial charge in [-0.25, -0.2) is 9.59 Å². The Morgan fingerprint density at radius 1 is 0.708 bits per heavy atom. The molecule has 6 nitrogen and oxygen atoms in total.